The average Bonchev–Trinajstić information content (AvgIpc) is 2.08. The molecule has 0 aliphatic rings. The number of alkyl halides is 3. The van der Waals surface area contributed by atoms with Crippen molar-refractivity contribution in [1.82, 2.24) is 0 Å². The third-order valence-electron chi connectivity index (χ3n) is 1.41. The second kappa shape index (κ2) is 6.41. The zero-order valence-electron chi connectivity index (χ0n) is 9.08. The highest BCUT2D eigenvalue weighted by molar-refractivity contribution is 7.87. The largest absolute Gasteiger partial charge is 0.523 e. The Balaban J connectivity index is 3.68. The summed E-state index contributed by atoms with van der Waals surface area (Å²) in [6, 6.07) is 0. The summed E-state index contributed by atoms with van der Waals surface area (Å²) in [7, 11) is -5.46. The Labute approximate surface area is 92.9 Å². The molecule has 0 heterocycles. The smallest absolute Gasteiger partial charge is 0.381 e. The maximum Gasteiger partial charge on any atom is 0.523 e. The van der Waals surface area contributed by atoms with E-state index in [-0.39, 0.29) is 13.0 Å². The van der Waals surface area contributed by atoms with Gasteiger partial charge in [-0.2, -0.15) is 21.6 Å². The summed E-state index contributed by atoms with van der Waals surface area (Å²) >= 11 is 0. The Bertz CT molecular complexity index is 284. The van der Waals surface area contributed by atoms with Gasteiger partial charge in [-0.25, -0.2) is 0 Å². The molecule has 8 heteroatoms. The van der Waals surface area contributed by atoms with Crippen LogP contribution in [0.4, 0.5) is 13.2 Å². The van der Waals surface area contributed by atoms with Crippen molar-refractivity contribution in [2.24, 2.45) is 5.92 Å². The van der Waals surface area contributed by atoms with Crippen LogP contribution < -0.4 is 0 Å². The highest BCUT2D eigenvalue weighted by Gasteiger charge is 2.47. The van der Waals surface area contributed by atoms with E-state index in [0.29, 0.717) is 12.5 Å². The summed E-state index contributed by atoms with van der Waals surface area (Å²) in [6.07, 6.45) is 0.0992. The van der Waals surface area contributed by atoms with Gasteiger partial charge in [0.25, 0.3) is 0 Å². The number of hydrogen-bond donors (Lipinski definition) is 0. The molecule has 0 aliphatic heterocycles. The first-order valence-electron chi connectivity index (χ1n) is 4.70. The van der Waals surface area contributed by atoms with Crippen molar-refractivity contribution in [3.05, 3.63) is 0 Å². The van der Waals surface area contributed by atoms with Gasteiger partial charge in [0.2, 0.25) is 0 Å². The second-order valence-electron chi connectivity index (χ2n) is 3.54. The molecule has 0 aromatic rings. The molecular formula is C8H15F3O4S. The van der Waals surface area contributed by atoms with Crippen LogP contribution in [0.15, 0.2) is 0 Å². The van der Waals surface area contributed by atoms with Crippen molar-refractivity contribution in [2.45, 2.75) is 25.8 Å². The predicted molar refractivity (Wildman–Crippen MR) is 51.2 cm³/mol. The van der Waals surface area contributed by atoms with Crippen LogP contribution in [0.2, 0.25) is 0 Å². The fourth-order valence-corrected chi connectivity index (χ4v) is 1.19. The number of hydrogen-bond acceptors (Lipinski definition) is 4. The van der Waals surface area contributed by atoms with Gasteiger partial charge >= 0.3 is 15.6 Å². The van der Waals surface area contributed by atoms with E-state index in [4.69, 9.17) is 4.74 Å². The maximum atomic E-state index is 11.8. The molecule has 0 aromatic heterocycles. The van der Waals surface area contributed by atoms with E-state index in [1.54, 1.807) is 0 Å². The maximum absolute atomic E-state index is 11.8. The van der Waals surface area contributed by atoms with E-state index in [0.717, 1.165) is 0 Å². The fraction of sp³-hybridized carbons (Fsp3) is 1.00. The summed E-state index contributed by atoms with van der Waals surface area (Å²) in [6.45, 7) is 3.97. The first kappa shape index (κ1) is 15.7. The zero-order valence-corrected chi connectivity index (χ0v) is 9.90. The summed E-state index contributed by atoms with van der Waals surface area (Å²) in [4.78, 5) is 0. The minimum atomic E-state index is -5.46. The molecule has 0 rings (SSSR count). The van der Waals surface area contributed by atoms with Crippen molar-refractivity contribution < 1.29 is 30.5 Å². The molecule has 16 heavy (non-hydrogen) atoms. The molecule has 0 aliphatic carbocycles. The first-order chi connectivity index (χ1) is 7.17. The number of halogens is 3. The third kappa shape index (κ3) is 6.29. The molecule has 4 nitrogen and oxygen atoms in total. The normalized spacial score (nSPS) is 13.4. The Hall–Kier alpha value is -0.340. The Morgan fingerprint density at radius 3 is 2.19 bits per heavy atom. The molecule has 0 saturated carbocycles. The van der Waals surface area contributed by atoms with E-state index in [2.05, 4.69) is 4.18 Å². The van der Waals surface area contributed by atoms with Gasteiger partial charge in [-0.05, 0) is 12.3 Å². The van der Waals surface area contributed by atoms with Crippen LogP contribution in [-0.4, -0.2) is 33.7 Å². The van der Waals surface area contributed by atoms with Crippen molar-refractivity contribution in [2.75, 3.05) is 19.8 Å². The van der Waals surface area contributed by atoms with Gasteiger partial charge in [0.1, 0.15) is 0 Å². The molecular weight excluding hydrogens is 249 g/mol. The van der Waals surface area contributed by atoms with Gasteiger partial charge in [0, 0.05) is 13.2 Å². The highest BCUT2D eigenvalue weighted by Crippen LogP contribution is 2.24. The highest BCUT2D eigenvalue weighted by atomic mass is 32.2. The number of rotatable bonds is 7. The summed E-state index contributed by atoms with van der Waals surface area (Å²) in [5.74, 6) is 0.319. The lowest BCUT2D eigenvalue weighted by Crippen LogP contribution is -2.26. The molecule has 0 spiro atoms. The number of ether oxygens (including phenoxy) is 1. The molecule has 0 N–H and O–H groups in total. The van der Waals surface area contributed by atoms with Crippen molar-refractivity contribution in [3.8, 4) is 0 Å². The van der Waals surface area contributed by atoms with Crippen LogP contribution in [0.3, 0.4) is 0 Å². The van der Waals surface area contributed by atoms with Crippen LogP contribution in [-0.2, 0) is 19.0 Å². The van der Waals surface area contributed by atoms with Gasteiger partial charge < -0.3 is 4.74 Å². The van der Waals surface area contributed by atoms with Gasteiger partial charge in [0.05, 0.1) is 6.61 Å². The Kier molecular flexibility index (Phi) is 6.27. The van der Waals surface area contributed by atoms with E-state index in [1.165, 1.54) is 0 Å². The van der Waals surface area contributed by atoms with Gasteiger partial charge in [0.15, 0.2) is 0 Å². The topological polar surface area (TPSA) is 52.6 Å². The second-order valence-corrected chi connectivity index (χ2v) is 5.15. The lowest BCUT2D eigenvalue weighted by atomic mass is 10.2. The molecule has 0 unspecified atom stereocenters. The standard InChI is InChI=1S/C8H15F3O4S/c1-7(2)6-14-4-3-5-15-16(12,13)8(9,10)11/h7H,3-6H2,1-2H3. The van der Waals surface area contributed by atoms with Gasteiger partial charge in [-0.15, -0.1) is 0 Å². The van der Waals surface area contributed by atoms with Crippen molar-refractivity contribution in [3.63, 3.8) is 0 Å². The summed E-state index contributed by atoms with van der Waals surface area (Å²) in [5.41, 5.74) is -5.36. The quantitative estimate of drug-likeness (QED) is 0.400. The SMILES string of the molecule is CC(C)COCCCOS(=O)(=O)C(F)(F)F. The molecule has 0 bridgehead atoms. The van der Waals surface area contributed by atoms with E-state index >= 15 is 0 Å². The fourth-order valence-electron chi connectivity index (χ4n) is 0.715. The van der Waals surface area contributed by atoms with Crippen LogP contribution in [0, 0.1) is 5.92 Å². The Morgan fingerprint density at radius 2 is 1.75 bits per heavy atom. The summed E-state index contributed by atoms with van der Waals surface area (Å²) in [5, 5.41) is 0. The lowest BCUT2D eigenvalue weighted by Gasteiger charge is -2.09. The van der Waals surface area contributed by atoms with E-state index in [1.807, 2.05) is 13.8 Å². The molecule has 0 amide bonds. The molecule has 0 aromatic carbocycles. The zero-order chi connectivity index (χ0) is 12.8. The van der Waals surface area contributed by atoms with Crippen LogP contribution in [0.1, 0.15) is 20.3 Å². The van der Waals surface area contributed by atoms with Crippen molar-refractivity contribution in [1.29, 1.82) is 0 Å². The molecule has 0 fully saturated rings. The van der Waals surface area contributed by atoms with Crippen molar-refractivity contribution >= 4 is 10.1 Å². The lowest BCUT2D eigenvalue weighted by molar-refractivity contribution is -0.0546. The molecule has 98 valence electrons. The van der Waals surface area contributed by atoms with E-state index < -0.39 is 22.2 Å². The van der Waals surface area contributed by atoms with Gasteiger partial charge in [-0.3, -0.25) is 4.18 Å². The average molecular weight is 264 g/mol. The predicted octanol–water partition coefficient (Wildman–Crippen LogP) is 1.92. The minimum absolute atomic E-state index is 0.0992. The minimum Gasteiger partial charge on any atom is -0.381 e. The van der Waals surface area contributed by atoms with Gasteiger partial charge in [-0.1, -0.05) is 13.8 Å². The monoisotopic (exact) mass is 264 g/mol. The first-order valence-corrected chi connectivity index (χ1v) is 6.11. The van der Waals surface area contributed by atoms with E-state index in [9.17, 15) is 21.6 Å². The van der Waals surface area contributed by atoms with Crippen LogP contribution in [0.25, 0.3) is 0 Å². The molecule has 0 radical (unpaired) electrons. The Morgan fingerprint density at radius 1 is 1.19 bits per heavy atom. The molecule has 0 atom stereocenters. The third-order valence-corrected chi connectivity index (χ3v) is 2.45. The summed E-state index contributed by atoms with van der Waals surface area (Å²) < 4.78 is 64.9. The van der Waals surface area contributed by atoms with Crippen LogP contribution >= 0.6 is 0 Å². The van der Waals surface area contributed by atoms with Crippen LogP contribution in [0.5, 0.6) is 0 Å². The molecule has 0 saturated heterocycles.